The fourth-order valence-corrected chi connectivity index (χ4v) is 4.82. The van der Waals surface area contributed by atoms with Crippen molar-refractivity contribution in [2.24, 2.45) is 5.73 Å². The molecule has 3 heterocycles. The molecule has 1 aromatic heterocycles. The number of likely N-dealkylation sites (tertiary alicyclic amines) is 1. The van der Waals surface area contributed by atoms with Crippen molar-refractivity contribution in [3.63, 3.8) is 0 Å². The Morgan fingerprint density at radius 1 is 1.21 bits per heavy atom. The number of aromatic nitrogens is 1. The van der Waals surface area contributed by atoms with Gasteiger partial charge in [-0.25, -0.2) is 4.98 Å². The summed E-state index contributed by atoms with van der Waals surface area (Å²) in [5, 5.41) is 11.8. The van der Waals surface area contributed by atoms with Crippen LogP contribution in [0.1, 0.15) is 30.4 Å². The largest absolute Gasteiger partial charge is 0.438 e. The first-order valence-corrected chi connectivity index (χ1v) is 11.8. The molecule has 0 saturated carbocycles. The van der Waals surface area contributed by atoms with Gasteiger partial charge >= 0.3 is 0 Å². The maximum Gasteiger partial charge on any atom is 0.227 e. The lowest BCUT2D eigenvalue weighted by atomic mass is 9.84. The van der Waals surface area contributed by atoms with Crippen molar-refractivity contribution < 1.29 is 9.84 Å². The highest BCUT2D eigenvalue weighted by atomic mass is 35.5. The third-order valence-electron chi connectivity index (χ3n) is 6.68. The van der Waals surface area contributed by atoms with Crippen LogP contribution in [0, 0.1) is 0 Å². The minimum absolute atomic E-state index is 0.199. The second-order valence-electron chi connectivity index (χ2n) is 8.83. The first kappa shape index (κ1) is 22.1. The lowest BCUT2D eigenvalue weighted by Gasteiger charge is -2.38. The van der Waals surface area contributed by atoms with E-state index in [2.05, 4.69) is 22.0 Å². The first-order valence-electron chi connectivity index (χ1n) is 11.4. The van der Waals surface area contributed by atoms with Crippen molar-refractivity contribution in [2.45, 2.75) is 30.9 Å². The molecule has 5 nitrogen and oxygen atoms in total. The zero-order valence-electron chi connectivity index (χ0n) is 18.5. The number of fused-ring (bicyclic) bond motifs is 2. The summed E-state index contributed by atoms with van der Waals surface area (Å²) in [5.74, 6) is 1.36. The van der Waals surface area contributed by atoms with Crippen LogP contribution < -0.4 is 10.5 Å². The van der Waals surface area contributed by atoms with Crippen LogP contribution in [0.4, 0.5) is 0 Å². The molecule has 0 bridgehead atoms. The minimum atomic E-state index is -0.777. The SMILES string of the molecule is NC1C=CC=C2Oc3ncccc3C(=CCCN3CCC(O)(c4ccc(Cl)cc4)CC3)C=C21. The van der Waals surface area contributed by atoms with Crippen LogP contribution in [0.15, 0.2) is 84.3 Å². The average molecular weight is 462 g/mol. The minimum Gasteiger partial charge on any atom is -0.438 e. The molecule has 3 N–H and O–H groups in total. The number of hydrogen-bond donors (Lipinski definition) is 2. The van der Waals surface area contributed by atoms with E-state index in [1.807, 2.05) is 54.6 Å². The van der Waals surface area contributed by atoms with Crippen molar-refractivity contribution in [1.29, 1.82) is 0 Å². The Balaban J connectivity index is 1.28. The quantitative estimate of drug-likeness (QED) is 0.696. The van der Waals surface area contributed by atoms with E-state index in [1.54, 1.807) is 6.20 Å². The fourth-order valence-electron chi connectivity index (χ4n) is 4.70. The number of nitrogens with two attached hydrogens (primary N) is 1. The molecule has 1 aliphatic carbocycles. The average Bonchev–Trinajstić information content (AvgIpc) is 2.98. The van der Waals surface area contributed by atoms with E-state index >= 15 is 0 Å². The Bertz CT molecular complexity index is 1140. The molecular formula is C27H28ClN3O2. The first-order chi connectivity index (χ1) is 16.0. The highest BCUT2D eigenvalue weighted by molar-refractivity contribution is 6.30. The Kier molecular flexibility index (Phi) is 6.21. The van der Waals surface area contributed by atoms with E-state index in [-0.39, 0.29) is 6.04 Å². The van der Waals surface area contributed by atoms with Gasteiger partial charge in [0, 0.05) is 42.0 Å². The van der Waals surface area contributed by atoms with Crippen LogP contribution in [0.5, 0.6) is 5.88 Å². The number of pyridine rings is 1. The monoisotopic (exact) mass is 461 g/mol. The summed E-state index contributed by atoms with van der Waals surface area (Å²) in [6.07, 6.45) is 14.3. The molecule has 0 amide bonds. The zero-order chi connectivity index (χ0) is 22.8. The summed E-state index contributed by atoms with van der Waals surface area (Å²) >= 11 is 6.00. The normalized spacial score (nSPS) is 23.1. The summed E-state index contributed by atoms with van der Waals surface area (Å²) in [5.41, 5.74) is 9.51. The van der Waals surface area contributed by atoms with Crippen molar-refractivity contribution in [2.75, 3.05) is 19.6 Å². The molecule has 2 aromatic rings. The standard InChI is InChI=1S/C27H28ClN3O2/c28-21-10-8-20(9-11-21)27(32)12-16-31(17-13-27)15-3-4-19-18-23-24(29)6-1-7-25(23)33-26-22(19)5-2-14-30-26/h1-2,4-11,14,18,24,32H,3,12-13,15-17,29H2. The van der Waals surface area contributed by atoms with E-state index in [0.717, 1.165) is 54.1 Å². The molecule has 0 spiro atoms. The van der Waals surface area contributed by atoms with Gasteiger partial charge in [-0.05, 0) is 66.8 Å². The number of benzene rings is 1. The van der Waals surface area contributed by atoms with Crippen LogP contribution in [-0.2, 0) is 5.60 Å². The Morgan fingerprint density at radius 2 is 2.00 bits per heavy atom. The van der Waals surface area contributed by atoms with Gasteiger partial charge in [-0.2, -0.15) is 0 Å². The zero-order valence-corrected chi connectivity index (χ0v) is 19.2. The van der Waals surface area contributed by atoms with Gasteiger partial charge in [-0.3, -0.25) is 0 Å². The molecule has 0 radical (unpaired) electrons. The lowest BCUT2D eigenvalue weighted by molar-refractivity contribution is -0.0254. The van der Waals surface area contributed by atoms with Crippen LogP contribution >= 0.6 is 11.6 Å². The van der Waals surface area contributed by atoms with Gasteiger partial charge < -0.3 is 20.5 Å². The van der Waals surface area contributed by atoms with Crippen molar-refractivity contribution in [3.05, 3.63) is 100 Å². The van der Waals surface area contributed by atoms with Gasteiger partial charge in [0.25, 0.3) is 0 Å². The maximum absolute atomic E-state index is 11.1. The molecule has 170 valence electrons. The lowest BCUT2D eigenvalue weighted by Crippen LogP contribution is -2.42. The molecule has 2 aliphatic heterocycles. The molecule has 3 aliphatic rings. The molecule has 6 heteroatoms. The van der Waals surface area contributed by atoms with Crippen LogP contribution in [0.2, 0.25) is 5.02 Å². The predicted octanol–water partition coefficient (Wildman–Crippen LogP) is 4.59. The highest BCUT2D eigenvalue weighted by Crippen LogP contribution is 2.36. The number of piperidine rings is 1. The predicted molar refractivity (Wildman–Crippen MR) is 132 cm³/mol. The molecule has 1 saturated heterocycles. The van der Waals surface area contributed by atoms with Crippen LogP contribution in [0.3, 0.4) is 0 Å². The number of halogens is 1. The van der Waals surface area contributed by atoms with E-state index in [1.165, 1.54) is 0 Å². The fraction of sp³-hybridized carbons (Fsp3) is 0.296. The summed E-state index contributed by atoms with van der Waals surface area (Å²) in [4.78, 5) is 6.85. The van der Waals surface area contributed by atoms with Gasteiger partial charge in [-0.1, -0.05) is 42.0 Å². The van der Waals surface area contributed by atoms with Crippen molar-refractivity contribution in [3.8, 4) is 5.88 Å². The second-order valence-corrected chi connectivity index (χ2v) is 9.26. The van der Waals surface area contributed by atoms with Crippen molar-refractivity contribution >= 4 is 17.2 Å². The van der Waals surface area contributed by atoms with E-state index in [9.17, 15) is 5.11 Å². The van der Waals surface area contributed by atoms with Gasteiger partial charge in [0.2, 0.25) is 5.88 Å². The number of nitrogens with zero attached hydrogens (tertiary/aromatic N) is 2. The topological polar surface area (TPSA) is 71.6 Å². The summed E-state index contributed by atoms with van der Waals surface area (Å²) in [6.45, 7) is 2.63. The second kappa shape index (κ2) is 9.27. The van der Waals surface area contributed by atoms with E-state index in [4.69, 9.17) is 22.1 Å². The molecule has 1 unspecified atom stereocenters. The molecule has 1 aromatic carbocycles. The Hall–Kier alpha value is -2.70. The maximum atomic E-state index is 11.1. The van der Waals surface area contributed by atoms with Crippen molar-refractivity contribution in [1.82, 2.24) is 9.88 Å². The van der Waals surface area contributed by atoms with Gasteiger partial charge in [0.05, 0.1) is 11.6 Å². The van der Waals surface area contributed by atoms with Crippen LogP contribution in [0.25, 0.3) is 5.57 Å². The third-order valence-corrected chi connectivity index (χ3v) is 6.94. The van der Waals surface area contributed by atoms with E-state index in [0.29, 0.717) is 23.7 Å². The Labute approximate surface area is 199 Å². The molecule has 5 rings (SSSR count). The Morgan fingerprint density at radius 3 is 2.79 bits per heavy atom. The van der Waals surface area contributed by atoms with Gasteiger partial charge in [-0.15, -0.1) is 0 Å². The third kappa shape index (κ3) is 4.68. The molecule has 1 fully saturated rings. The summed E-state index contributed by atoms with van der Waals surface area (Å²) in [7, 11) is 0. The summed E-state index contributed by atoms with van der Waals surface area (Å²) < 4.78 is 6.09. The molecule has 1 atom stereocenters. The number of aliphatic hydroxyl groups is 1. The number of hydrogen-bond acceptors (Lipinski definition) is 5. The summed E-state index contributed by atoms with van der Waals surface area (Å²) in [6, 6.07) is 11.3. The molecular weight excluding hydrogens is 434 g/mol. The van der Waals surface area contributed by atoms with Crippen LogP contribution in [-0.4, -0.2) is 40.7 Å². The smallest absolute Gasteiger partial charge is 0.227 e. The molecule has 33 heavy (non-hydrogen) atoms. The number of allylic oxidation sites excluding steroid dienone is 4. The number of rotatable bonds is 4. The number of ether oxygens (including phenoxy) is 1. The van der Waals surface area contributed by atoms with E-state index < -0.39 is 5.60 Å². The van der Waals surface area contributed by atoms with Gasteiger partial charge in [0.1, 0.15) is 5.76 Å². The van der Waals surface area contributed by atoms with Gasteiger partial charge in [0.15, 0.2) is 0 Å². The highest BCUT2D eigenvalue weighted by Gasteiger charge is 2.33.